The second-order valence-electron chi connectivity index (χ2n) is 5.67. The van der Waals surface area contributed by atoms with Crippen molar-refractivity contribution in [3.63, 3.8) is 0 Å². The molecule has 1 aromatic heterocycles. The molecule has 142 valence electrons. The van der Waals surface area contributed by atoms with E-state index in [1.807, 2.05) is 0 Å². The molecular formula is C20H16ClN3O4. The number of nitrogens with one attached hydrogen (secondary N) is 1. The maximum atomic E-state index is 12.5. The largest absolute Gasteiger partial charge is 0.461 e. The lowest BCUT2D eigenvalue weighted by Crippen LogP contribution is -2.27. The molecule has 0 bridgehead atoms. The van der Waals surface area contributed by atoms with Gasteiger partial charge in [-0.3, -0.25) is 9.59 Å². The first-order valence-corrected chi connectivity index (χ1v) is 8.81. The van der Waals surface area contributed by atoms with Crippen LogP contribution in [-0.4, -0.2) is 28.3 Å². The van der Waals surface area contributed by atoms with Gasteiger partial charge in [-0.15, -0.1) is 0 Å². The SMILES string of the molecule is CCOC(=O)c1nn(-c2ccccc2)c(=O)cc1NC(=O)c1ccc(Cl)cc1. The second-order valence-corrected chi connectivity index (χ2v) is 6.11. The monoisotopic (exact) mass is 397 g/mol. The minimum Gasteiger partial charge on any atom is -0.461 e. The van der Waals surface area contributed by atoms with Crippen molar-refractivity contribution in [1.82, 2.24) is 9.78 Å². The zero-order chi connectivity index (χ0) is 20.1. The molecule has 0 atom stereocenters. The highest BCUT2D eigenvalue weighted by Crippen LogP contribution is 2.16. The molecule has 8 heteroatoms. The van der Waals surface area contributed by atoms with Crippen LogP contribution >= 0.6 is 11.6 Å². The zero-order valence-corrected chi connectivity index (χ0v) is 15.6. The fourth-order valence-electron chi connectivity index (χ4n) is 2.45. The van der Waals surface area contributed by atoms with Crippen molar-refractivity contribution in [1.29, 1.82) is 0 Å². The maximum absolute atomic E-state index is 12.5. The minimum atomic E-state index is -0.751. The average molecular weight is 398 g/mol. The molecule has 0 unspecified atom stereocenters. The fraction of sp³-hybridized carbons (Fsp3) is 0.100. The number of ether oxygens (including phenoxy) is 1. The molecule has 1 amide bonds. The number of para-hydroxylation sites is 1. The molecule has 0 aliphatic carbocycles. The van der Waals surface area contributed by atoms with E-state index in [4.69, 9.17) is 16.3 Å². The van der Waals surface area contributed by atoms with Crippen LogP contribution in [0.1, 0.15) is 27.8 Å². The van der Waals surface area contributed by atoms with E-state index in [0.29, 0.717) is 16.3 Å². The Morgan fingerprint density at radius 1 is 1.11 bits per heavy atom. The molecular weight excluding hydrogens is 382 g/mol. The molecule has 0 aliphatic heterocycles. The summed E-state index contributed by atoms with van der Waals surface area (Å²) in [5.74, 6) is -1.26. The van der Waals surface area contributed by atoms with Gasteiger partial charge in [-0.25, -0.2) is 4.79 Å². The van der Waals surface area contributed by atoms with Gasteiger partial charge >= 0.3 is 5.97 Å². The summed E-state index contributed by atoms with van der Waals surface area (Å²) >= 11 is 5.83. The number of hydrogen-bond donors (Lipinski definition) is 1. The lowest BCUT2D eigenvalue weighted by molar-refractivity contribution is 0.0518. The number of anilines is 1. The maximum Gasteiger partial charge on any atom is 0.360 e. The van der Waals surface area contributed by atoms with E-state index in [1.165, 1.54) is 12.1 Å². The predicted octanol–water partition coefficient (Wildman–Crippen LogP) is 3.31. The smallest absolute Gasteiger partial charge is 0.360 e. The Morgan fingerprint density at radius 2 is 1.79 bits per heavy atom. The van der Waals surface area contributed by atoms with E-state index in [2.05, 4.69) is 10.4 Å². The van der Waals surface area contributed by atoms with E-state index in [1.54, 1.807) is 49.4 Å². The van der Waals surface area contributed by atoms with E-state index < -0.39 is 17.4 Å². The van der Waals surface area contributed by atoms with E-state index in [9.17, 15) is 14.4 Å². The van der Waals surface area contributed by atoms with E-state index in [0.717, 1.165) is 10.7 Å². The van der Waals surface area contributed by atoms with Gasteiger partial charge in [0.15, 0.2) is 5.69 Å². The summed E-state index contributed by atoms with van der Waals surface area (Å²) in [6, 6.07) is 15.9. The van der Waals surface area contributed by atoms with Gasteiger partial charge in [0.05, 0.1) is 18.0 Å². The molecule has 2 aromatic carbocycles. The topological polar surface area (TPSA) is 90.3 Å². The Labute approximate surface area is 165 Å². The highest BCUT2D eigenvalue weighted by molar-refractivity contribution is 6.30. The van der Waals surface area contributed by atoms with Gasteiger partial charge in [0.2, 0.25) is 0 Å². The molecule has 0 saturated heterocycles. The van der Waals surface area contributed by atoms with Crippen molar-refractivity contribution in [2.24, 2.45) is 0 Å². The van der Waals surface area contributed by atoms with Crippen molar-refractivity contribution in [3.05, 3.63) is 87.3 Å². The van der Waals surface area contributed by atoms with Crippen molar-refractivity contribution >= 4 is 29.2 Å². The number of rotatable bonds is 5. The van der Waals surface area contributed by atoms with Crippen LogP contribution in [0.3, 0.4) is 0 Å². The van der Waals surface area contributed by atoms with Crippen LogP contribution in [-0.2, 0) is 4.74 Å². The molecule has 3 aromatic rings. The second kappa shape index (κ2) is 8.49. The number of carbonyl (C=O) groups excluding carboxylic acids is 2. The number of halogens is 1. The summed E-state index contributed by atoms with van der Waals surface area (Å²) in [7, 11) is 0. The van der Waals surface area contributed by atoms with Gasteiger partial charge in [0.1, 0.15) is 0 Å². The summed E-state index contributed by atoms with van der Waals surface area (Å²) in [6.07, 6.45) is 0. The van der Waals surface area contributed by atoms with Crippen LogP contribution in [0, 0.1) is 0 Å². The van der Waals surface area contributed by atoms with Crippen LogP contribution in [0.25, 0.3) is 5.69 Å². The predicted molar refractivity (Wildman–Crippen MR) is 105 cm³/mol. The summed E-state index contributed by atoms with van der Waals surface area (Å²) in [4.78, 5) is 37.4. The first kappa shape index (κ1) is 19.3. The van der Waals surface area contributed by atoms with Crippen molar-refractivity contribution < 1.29 is 14.3 Å². The summed E-state index contributed by atoms with van der Waals surface area (Å²) < 4.78 is 6.09. The minimum absolute atomic E-state index is 0.0319. The Morgan fingerprint density at radius 3 is 2.43 bits per heavy atom. The lowest BCUT2D eigenvalue weighted by atomic mass is 10.2. The van der Waals surface area contributed by atoms with Crippen LogP contribution in [0.15, 0.2) is 65.5 Å². The molecule has 28 heavy (non-hydrogen) atoms. The molecule has 0 fully saturated rings. The molecule has 1 heterocycles. The van der Waals surface area contributed by atoms with Gasteiger partial charge in [0, 0.05) is 16.7 Å². The standard InChI is InChI=1S/C20H16ClN3O4/c1-2-28-20(27)18-16(22-19(26)13-8-10-14(21)11-9-13)12-17(25)24(23-18)15-6-4-3-5-7-15/h3-12H,2H2,1H3,(H,22,26). The highest BCUT2D eigenvalue weighted by atomic mass is 35.5. The molecule has 0 aliphatic rings. The molecule has 0 spiro atoms. The van der Waals surface area contributed by atoms with Crippen LogP contribution in [0.2, 0.25) is 5.02 Å². The number of carbonyl (C=O) groups is 2. The molecule has 0 saturated carbocycles. The summed E-state index contributed by atoms with van der Waals surface area (Å²) in [5.41, 5.74) is 0.0777. The van der Waals surface area contributed by atoms with Gasteiger partial charge in [-0.2, -0.15) is 9.78 Å². The quantitative estimate of drug-likeness (QED) is 0.667. The number of esters is 1. The van der Waals surface area contributed by atoms with Gasteiger partial charge < -0.3 is 10.1 Å². The summed E-state index contributed by atoms with van der Waals surface area (Å²) in [5, 5.41) is 7.14. The molecule has 0 radical (unpaired) electrons. The third-order valence-electron chi connectivity index (χ3n) is 3.76. The number of aromatic nitrogens is 2. The third-order valence-corrected chi connectivity index (χ3v) is 4.01. The Bertz CT molecular complexity index is 1060. The first-order chi connectivity index (χ1) is 13.5. The summed E-state index contributed by atoms with van der Waals surface area (Å²) in [6.45, 7) is 1.77. The highest BCUT2D eigenvalue weighted by Gasteiger charge is 2.20. The Balaban J connectivity index is 2.03. The van der Waals surface area contributed by atoms with Crippen LogP contribution in [0.5, 0.6) is 0 Å². The van der Waals surface area contributed by atoms with Crippen molar-refractivity contribution in [3.8, 4) is 5.69 Å². The van der Waals surface area contributed by atoms with Crippen LogP contribution < -0.4 is 10.9 Å². The zero-order valence-electron chi connectivity index (χ0n) is 14.9. The number of nitrogens with zero attached hydrogens (tertiary/aromatic N) is 2. The Kier molecular flexibility index (Phi) is 5.86. The van der Waals surface area contributed by atoms with Crippen molar-refractivity contribution in [2.45, 2.75) is 6.92 Å². The van der Waals surface area contributed by atoms with Gasteiger partial charge in [0.25, 0.3) is 11.5 Å². The van der Waals surface area contributed by atoms with Crippen molar-refractivity contribution in [2.75, 3.05) is 11.9 Å². The molecule has 7 nitrogen and oxygen atoms in total. The number of benzene rings is 2. The Hall–Kier alpha value is -3.45. The number of amides is 1. The van der Waals surface area contributed by atoms with E-state index in [-0.39, 0.29) is 18.0 Å². The van der Waals surface area contributed by atoms with E-state index >= 15 is 0 Å². The molecule has 3 rings (SSSR count). The van der Waals surface area contributed by atoms with Gasteiger partial charge in [-0.05, 0) is 43.3 Å². The third kappa shape index (κ3) is 4.27. The normalized spacial score (nSPS) is 10.4. The molecule has 1 N–H and O–H groups in total. The number of hydrogen-bond acceptors (Lipinski definition) is 5. The average Bonchev–Trinajstić information content (AvgIpc) is 2.69. The first-order valence-electron chi connectivity index (χ1n) is 8.43. The lowest BCUT2D eigenvalue weighted by Gasteiger charge is -2.12. The van der Waals surface area contributed by atoms with Crippen LogP contribution in [0.4, 0.5) is 5.69 Å². The van der Waals surface area contributed by atoms with Gasteiger partial charge in [-0.1, -0.05) is 29.8 Å². The fourth-order valence-corrected chi connectivity index (χ4v) is 2.58.